The number of thioether (sulfide) groups is 1. The Labute approximate surface area is 181 Å². The van der Waals surface area contributed by atoms with Gasteiger partial charge in [0.15, 0.2) is 0 Å². The molecule has 2 heterocycles. The molecule has 2 aliphatic heterocycles. The van der Waals surface area contributed by atoms with Crippen molar-refractivity contribution in [2.24, 2.45) is 5.92 Å². The summed E-state index contributed by atoms with van der Waals surface area (Å²) in [6.45, 7) is 4.92. The fraction of sp³-hybridized carbons (Fsp3) is 0.947. The lowest BCUT2D eigenvalue weighted by Gasteiger charge is -2.45. The molecule has 2 rings (SSSR count). The van der Waals surface area contributed by atoms with Gasteiger partial charge in [-0.1, -0.05) is 13.3 Å². The summed E-state index contributed by atoms with van der Waals surface area (Å²) in [6, 6.07) is -1.15. The van der Waals surface area contributed by atoms with Gasteiger partial charge in [-0.15, -0.1) is 23.4 Å². The summed E-state index contributed by atoms with van der Waals surface area (Å²) in [4.78, 5) is 15.1. The molecule has 0 aromatic rings. The Balaban J connectivity index is 2.16. The van der Waals surface area contributed by atoms with E-state index in [4.69, 9.17) is 16.3 Å². The number of carbonyl (C=O) groups excluding carboxylic acids is 1. The molecule has 2 aliphatic rings. The summed E-state index contributed by atoms with van der Waals surface area (Å²) in [5.74, 6) is 0.202. The van der Waals surface area contributed by atoms with Gasteiger partial charge in [0, 0.05) is 6.54 Å². The van der Waals surface area contributed by atoms with E-state index in [-0.39, 0.29) is 12.5 Å². The predicted molar refractivity (Wildman–Crippen MR) is 113 cm³/mol. The molecule has 2 fully saturated rings. The molecule has 9 atom stereocenters. The quantitative estimate of drug-likeness (QED) is 0.318. The van der Waals surface area contributed by atoms with E-state index in [9.17, 15) is 25.2 Å². The van der Waals surface area contributed by atoms with Crippen LogP contribution in [0.4, 0.5) is 0 Å². The van der Waals surface area contributed by atoms with E-state index in [2.05, 4.69) is 12.2 Å². The van der Waals surface area contributed by atoms with Crippen LogP contribution in [-0.2, 0) is 9.53 Å². The van der Waals surface area contributed by atoms with Gasteiger partial charge in [-0.2, -0.15) is 0 Å². The first-order valence-corrected chi connectivity index (χ1v) is 12.0. The second-order valence-electron chi connectivity index (χ2n) is 7.96. The zero-order chi connectivity index (χ0) is 21.7. The third-order valence-corrected chi connectivity index (χ3v) is 7.21. The summed E-state index contributed by atoms with van der Waals surface area (Å²) in [5.41, 5.74) is -0.738. The minimum absolute atomic E-state index is 0.0279. The first kappa shape index (κ1) is 25.1. The van der Waals surface area contributed by atoms with Gasteiger partial charge in [-0.25, -0.2) is 0 Å². The number of hydrogen-bond donors (Lipinski definition) is 5. The van der Waals surface area contributed by atoms with Crippen LogP contribution in [0.2, 0.25) is 0 Å². The minimum Gasteiger partial charge on any atom is -0.395 e. The highest BCUT2D eigenvalue weighted by Crippen LogP contribution is 2.31. The molecule has 0 radical (unpaired) electrons. The topological polar surface area (TPSA) is 122 Å². The summed E-state index contributed by atoms with van der Waals surface area (Å²) in [5, 5.41) is 42.5. The van der Waals surface area contributed by atoms with Gasteiger partial charge >= 0.3 is 0 Å². The lowest BCUT2D eigenvalue weighted by Crippen LogP contribution is -2.65. The number of ether oxygens (including phenoxy) is 1. The number of hydrogen-bond acceptors (Lipinski definition) is 8. The van der Waals surface area contributed by atoms with Crippen LogP contribution in [0.25, 0.3) is 0 Å². The Morgan fingerprint density at radius 2 is 2.00 bits per heavy atom. The number of nitrogens with zero attached hydrogens (tertiary/aromatic N) is 1. The van der Waals surface area contributed by atoms with Crippen LogP contribution < -0.4 is 5.32 Å². The van der Waals surface area contributed by atoms with Crippen molar-refractivity contribution in [3.05, 3.63) is 0 Å². The van der Waals surface area contributed by atoms with Crippen molar-refractivity contribution in [2.75, 3.05) is 26.0 Å². The maximum atomic E-state index is 13.2. The van der Waals surface area contributed by atoms with Crippen molar-refractivity contribution >= 4 is 29.3 Å². The largest absolute Gasteiger partial charge is 0.395 e. The molecule has 0 aliphatic carbocycles. The number of β-amino-alcohol motifs (C(OH)–C–C–N with tert-alkyl or cyclic N) is 1. The number of nitrogens with one attached hydrogen (secondary N) is 1. The number of piperidine rings is 1. The number of aliphatic hydroxyl groups excluding tert-OH is 4. The van der Waals surface area contributed by atoms with Crippen LogP contribution in [0.15, 0.2) is 0 Å². The van der Waals surface area contributed by atoms with Crippen molar-refractivity contribution in [3.63, 3.8) is 0 Å². The minimum atomic E-state index is -1.40. The zero-order valence-corrected chi connectivity index (χ0v) is 18.8. The zero-order valence-electron chi connectivity index (χ0n) is 17.3. The fourth-order valence-corrected chi connectivity index (χ4v) is 5.10. The molecule has 0 aromatic carbocycles. The van der Waals surface area contributed by atoms with Crippen molar-refractivity contribution in [2.45, 2.75) is 80.4 Å². The predicted octanol–water partition coefficient (Wildman–Crippen LogP) is -0.248. The molecule has 7 unspecified atom stereocenters. The Bertz CT molecular complexity index is 529. The van der Waals surface area contributed by atoms with E-state index >= 15 is 0 Å². The lowest BCUT2D eigenvalue weighted by molar-refractivity contribution is -0.205. The fourth-order valence-electron chi connectivity index (χ4n) is 4.21. The number of rotatable bonds is 8. The van der Waals surface area contributed by atoms with E-state index < -0.39 is 47.3 Å². The van der Waals surface area contributed by atoms with Crippen LogP contribution in [0.3, 0.4) is 0 Å². The smallest absolute Gasteiger partial charge is 0.237 e. The molecule has 29 heavy (non-hydrogen) atoms. The third-order valence-electron chi connectivity index (χ3n) is 6.09. The number of amides is 1. The molecule has 8 nitrogen and oxygen atoms in total. The molecule has 0 saturated carbocycles. The van der Waals surface area contributed by atoms with Gasteiger partial charge in [-0.05, 0) is 38.5 Å². The van der Waals surface area contributed by atoms with E-state index in [0.29, 0.717) is 18.9 Å². The first-order chi connectivity index (χ1) is 13.7. The van der Waals surface area contributed by atoms with E-state index in [1.54, 1.807) is 13.2 Å². The average Bonchev–Trinajstić information content (AvgIpc) is 2.71. The van der Waals surface area contributed by atoms with Crippen LogP contribution >= 0.6 is 23.4 Å². The van der Waals surface area contributed by atoms with Gasteiger partial charge in [-0.3, -0.25) is 9.69 Å². The number of aliphatic hydroxyl groups is 4. The van der Waals surface area contributed by atoms with Crippen LogP contribution in [0.5, 0.6) is 0 Å². The maximum Gasteiger partial charge on any atom is 0.237 e. The molecule has 5 N–H and O–H groups in total. The number of carbonyl (C=O) groups is 1. The maximum absolute atomic E-state index is 13.2. The highest BCUT2D eigenvalue weighted by molar-refractivity contribution is 7.99. The van der Waals surface area contributed by atoms with Gasteiger partial charge in [0.1, 0.15) is 29.9 Å². The summed E-state index contributed by atoms with van der Waals surface area (Å²) in [7, 11) is 0. The van der Waals surface area contributed by atoms with Gasteiger partial charge < -0.3 is 30.5 Å². The molecule has 0 spiro atoms. The van der Waals surface area contributed by atoms with E-state index in [1.807, 2.05) is 4.90 Å². The number of likely N-dealkylation sites (tertiary alicyclic amines) is 1. The van der Waals surface area contributed by atoms with Gasteiger partial charge in [0.25, 0.3) is 0 Å². The van der Waals surface area contributed by atoms with Gasteiger partial charge in [0.05, 0.1) is 24.1 Å². The van der Waals surface area contributed by atoms with Crippen molar-refractivity contribution in [1.29, 1.82) is 0 Å². The molecular formula is C19H35ClN2O6S. The van der Waals surface area contributed by atoms with E-state index in [1.165, 1.54) is 11.8 Å². The monoisotopic (exact) mass is 454 g/mol. The second kappa shape index (κ2) is 11.5. The molecule has 0 aromatic heterocycles. The van der Waals surface area contributed by atoms with Crippen molar-refractivity contribution in [1.82, 2.24) is 10.2 Å². The van der Waals surface area contributed by atoms with E-state index in [0.717, 1.165) is 19.4 Å². The van der Waals surface area contributed by atoms with Crippen molar-refractivity contribution < 1.29 is 30.0 Å². The third kappa shape index (κ3) is 5.98. The van der Waals surface area contributed by atoms with Crippen LogP contribution in [-0.4, -0.2) is 104 Å². The Morgan fingerprint density at radius 1 is 1.31 bits per heavy atom. The molecular weight excluding hydrogens is 420 g/mol. The Kier molecular flexibility index (Phi) is 9.95. The Morgan fingerprint density at radius 3 is 2.55 bits per heavy atom. The standard InChI is InChI=1S/C19H35ClN2O6S/c1-4-11-5-6-22(7-8-23)12(9-11)18(27)21-13(10(2)20)17-15(25)14(24)16(26)19(28-17)29-3/h10-17,19,23-26H,4-9H2,1-3H3,(H,21,27)/t10?,11-,12+,13?,14?,15?,16?,17?,19?/m0/s1. The number of alkyl halides is 1. The summed E-state index contributed by atoms with van der Waals surface area (Å²) in [6.07, 6.45) is -0.591. The SMILES string of the molecule is CC[C@H]1CCN(CCO)[C@@H](C(=O)NC(C(C)Cl)C2OC(SC)C(O)C(O)C2O)C1. The highest BCUT2D eigenvalue weighted by atomic mass is 35.5. The van der Waals surface area contributed by atoms with Gasteiger partial charge in [0.2, 0.25) is 5.91 Å². The Hall–Kier alpha value is -0.130. The van der Waals surface area contributed by atoms with Crippen LogP contribution in [0.1, 0.15) is 33.1 Å². The second-order valence-corrected chi connectivity index (χ2v) is 9.59. The summed E-state index contributed by atoms with van der Waals surface area (Å²) < 4.78 is 5.81. The normalized spacial score (nSPS) is 38.4. The molecule has 2 saturated heterocycles. The molecule has 1 amide bonds. The number of halogens is 1. The average molecular weight is 455 g/mol. The molecule has 0 bridgehead atoms. The summed E-state index contributed by atoms with van der Waals surface area (Å²) >= 11 is 7.56. The molecule has 170 valence electrons. The van der Waals surface area contributed by atoms with Crippen molar-refractivity contribution in [3.8, 4) is 0 Å². The highest BCUT2D eigenvalue weighted by Gasteiger charge is 2.48. The lowest BCUT2D eigenvalue weighted by atomic mass is 9.87. The molecule has 10 heteroatoms. The first-order valence-electron chi connectivity index (χ1n) is 10.3. The van der Waals surface area contributed by atoms with Crippen LogP contribution in [0, 0.1) is 5.92 Å².